The first-order valence-corrected chi connectivity index (χ1v) is 15.2. The molecule has 0 radical (unpaired) electrons. The lowest BCUT2D eigenvalue weighted by atomic mass is 9.48. The number of anilines is 1. The summed E-state index contributed by atoms with van der Waals surface area (Å²) in [6, 6.07) is 9.17. The second-order valence-electron chi connectivity index (χ2n) is 12.8. The number of carbonyl (C=O) groups is 3. The van der Waals surface area contributed by atoms with Gasteiger partial charge < -0.3 is 9.64 Å². The molecule has 40 heavy (non-hydrogen) atoms. The van der Waals surface area contributed by atoms with Crippen LogP contribution in [0.4, 0.5) is 5.69 Å². The van der Waals surface area contributed by atoms with Gasteiger partial charge in [0.25, 0.3) is 0 Å². The second kappa shape index (κ2) is 10.4. The van der Waals surface area contributed by atoms with E-state index in [1.807, 2.05) is 13.0 Å². The van der Waals surface area contributed by atoms with Gasteiger partial charge in [0.05, 0.1) is 5.41 Å². The van der Waals surface area contributed by atoms with E-state index in [9.17, 15) is 14.4 Å². The van der Waals surface area contributed by atoms with Crippen LogP contribution >= 0.6 is 0 Å². The molecule has 1 heterocycles. The standard InChI is InChI=1S/C35H41NO4/c1-4-16-35(32(39)22-40-23(2)37)17-15-31-29-13-9-25-20-27(38)12-14-28(25)33(29)30(21-34(31,35)3)24-7-10-26(11-8-24)36-18-5-6-19-36/h7-8,10-11,20,29-31H,5-6,9,12-15,17-19,21-22H2,1-3H3/t29-,30+,31-,34-,35+/m0/s1. The molecule has 1 aromatic rings. The largest absolute Gasteiger partial charge is 0.458 e. The molecule has 2 saturated carbocycles. The van der Waals surface area contributed by atoms with Crippen LogP contribution in [0.25, 0.3) is 0 Å². The molecule has 0 amide bonds. The van der Waals surface area contributed by atoms with Gasteiger partial charge in [-0.3, -0.25) is 14.4 Å². The highest BCUT2D eigenvalue weighted by atomic mass is 16.5. The molecule has 3 fully saturated rings. The summed E-state index contributed by atoms with van der Waals surface area (Å²) >= 11 is 0. The van der Waals surface area contributed by atoms with Crippen molar-refractivity contribution in [2.75, 3.05) is 24.6 Å². The number of hydrogen-bond acceptors (Lipinski definition) is 5. The first kappa shape index (κ1) is 27.1. The maximum absolute atomic E-state index is 13.9. The minimum Gasteiger partial charge on any atom is -0.458 e. The predicted molar refractivity (Wildman–Crippen MR) is 156 cm³/mol. The Kier molecular flexibility index (Phi) is 7.01. The summed E-state index contributed by atoms with van der Waals surface area (Å²) in [6.07, 6.45) is 10.2. The molecule has 0 aromatic heterocycles. The number of allylic oxidation sites excluding steroid dienone is 4. The third kappa shape index (κ3) is 4.26. The van der Waals surface area contributed by atoms with E-state index in [2.05, 4.69) is 47.9 Å². The molecule has 0 unspecified atom stereocenters. The molecule has 6 rings (SSSR count). The molecule has 5 atom stereocenters. The van der Waals surface area contributed by atoms with Crippen LogP contribution in [0.3, 0.4) is 0 Å². The van der Waals surface area contributed by atoms with E-state index in [-0.39, 0.29) is 29.5 Å². The summed E-state index contributed by atoms with van der Waals surface area (Å²) in [7, 11) is 0. The Hall–Kier alpha value is -3.13. The number of esters is 1. The summed E-state index contributed by atoms with van der Waals surface area (Å²) in [5.74, 6) is 7.17. The zero-order valence-corrected chi connectivity index (χ0v) is 24.2. The average Bonchev–Trinajstić information content (AvgIpc) is 3.58. The van der Waals surface area contributed by atoms with Crippen molar-refractivity contribution in [3.8, 4) is 11.8 Å². The van der Waals surface area contributed by atoms with Crippen molar-refractivity contribution < 1.29 is 19.1 Å². The molecule has 5 aliphatic rings. The zero-order valence-electron chi connectivity index (χ0n) is 24.2. The number of carbonyl (C=O) groups excluding carboxylic acids is 3. The molecule has 5 nitrogen and oxygen atoms in total. The van der Waals surface area contributed by atoms with Crippen LogP contribution in [0.15, 0.2) is 47.1 Å². The van der Waals surface area contributed by atoms with E-state index in [1.165, 1.54) is 47.7 Å². The lowest BCUT2D eigenvalue weighted by Crippen LogP contribution is -2.51. The Morgan fingerprint density at radius 1 is 1.07 bits per heavy atom. The Morgan fingerprint density at radius 2 is 1.82 bits per heavy atom. The third-order valence-electron chi connectivity index (χ3n) is 10.9. The molecule has 5 heteroatoms. The predicted octanol–water partition coefficient (Wildman–Crippen LogP) is 6.33. The average molecular weight is 540 g/mol. The maximum Gasteiger partial charge on any atom is 0.303 e. The fourth-order valence-corrected chi connectivity index (χ4v) is 9.12. The van der Waals surface area contributed by atoms with Crippen molar-refractivity contribution in [1.82, 2.24) is 0 Å². The van der Waals surface area contributed by atoms with Crippen LogP contribution in [0.1, 0.15) is 90.0 Å². The van der Waals surface area contributed by atoms with Crippen molar-refractivity contribution in [2.45, 2.75) is 84.5 Å². The summed E-state index contributed by atoms with van der Waals surface area (Å²) in [4.78, 5) is 40.4. The first-order chi connectivity index (χ1) is 19.3. The summed E-state index contributed by atoms with van der Waals surface area (Å²) < 4.78 is 5.26. The van der Waals surface area contributed by atoms with E-state index >= 15 is 0 Å². The van der Waals surface area contributed by atoms with Gasteiger partial charge in [-0.25, -0.2) is 0 Å². The Balaban J connectivity index is 1.46. The summed E-state index contributed by atoms with van der Waals surface area (Å²) in [5.41, 5.74) is 5.59. The van der Waals surface area contributed by atoms with Gasteiger partial charge in [-0.1, -0.05) is 30.6 Å². The van der Waals surface area contributed by atoms with E-state index < -0.39 is 11.4 Å². The topological polar surface area (TPSA) is 63.7 Å². The van der Waals surface area contributed by atoms with E-state index in [1.54, 1.807) is 0 Å². The van der Waals surface area contributed by atoms with Crippen LogP contribution in [-0.2, 0) is 19.1 Å². The Labute approximate surface area is 238 Å². The molecular weight excluding hydrogens is 498 g/mol. The number of fused-ring (bicyclic) bond motifs is 4. The molecule has 0 bridgehead atoms. The van der Waals surface area contributed by atoms with E-state index in [4.69, 9.17) is 4.74 Å². The lowest BCUT2D eigenvalue weighted by Gasteiger charge is -2.54. The molecule has 0 spiro atoms. The van der Waals surface area contributed by atoms with Gasteiger partial charge in [-0.2, -0.15) is 0 Å². The van der Waals surface area contributed by atoms with Crippen molar-refractivity contribution >= 4 is 23.2 Å². The van der Waals surface area contributed by atoms with Gasteiger partial charge in [0.1, 0.15) is 0 Å². The molecule has 1 aliphatic heterocycles. The SMILES string of the molecule is CC#C[C@]1(C(=O)COC(C)=O)CC[C@H]2[C@@H]3CCC4=CC(=O)CCC4=C3[C@@H](c3ccc(N4CCCC4)cc3)C[C@@]21C. The molecule has 210 valence electrons. The Bertz CT molecular complexity index is 1350. The third-order valence-corrected chi connectivity index (χ3v) is 10.9. The number of hydrogen-bond donors (Lipinski definition) is 0. The van der Waals surface area contributed by atoms with Crippen molar-refractivity contribution in [2.24, 2.45) is 22.7 Å². The van der Waals surface area contributed by atoms with E-state index in [0.29, 0.717) is 24.7 Å². The number of ether oxygens (including phenoxy) is 1. The quantitative estimate of drug-likeness (QED) is 0.323. The minimum absolute atomic E-state index is 0.0547. The molecular formula is C35H41NO4. The fraction of sp³-hybridized carbons (Fsp3) is 0.571. The first-order valence-electron chi connectivity index (χ1n) is 15.2. The molecule has 4 aliphatic carbocycles. The number of benzene rings is 1. The number of rotatable bonds is 5. The number of nitrogens with zero attached hydrogens (tertiary/aromatic N) is 1. The summed E-state index contributed by atoms with van der Waals surface area (Å²) in [5, 5.41) is 0. The molecule has 1 saturated heterocycles. The monoisotopic (exact) mass is 539 g/mol. The van der Waals surface area contributed by atoms with Crippen LogP contribution in [0.2, 0.25) is 0 Å². The second-order valence-corrected chi connectivity index (χ2v) is 12.8. The van der Waals surface area contributed by atoms with Gasteiger partial charge in [0, 0.05) is 38.0 Å². The van der Waals surface area contributed by atoms with Crippen LogP contribution in [-0.4, -0.2) is 37.2 Å². The highest BCUT2D eigenvalue weighted by molar-refractivity contribution is 5.93. The van der Waals surface area contributed by atoms with E-state index in [0.717, 1.165) is 45.2 Å². The normalized spacial score (nSPS) is 32.9. The number of ketones is 2. The van der Waals surface area contributed by atoms with Crippen LogP contribution in [0.5, 0.6) is 0 Å². The van der Waals surface area contributed by atoms with Gasteiger partial charge in [-0.15, -0.1) is 5.92 Å². The highest BCUT2D eigenvalue weighted by Gasteiger charge is 2.65. The van der Waals surface area contributed by atoms with Crippen molar-refractivity contribution in [3.63, 3.8) is 0 Å². The van der Waals surface area contributed by atoms with Gasteiger partial charge >= 0.3 is 5.97 Å². The smallest absolute Gasteiger partial charge is 0.303 e. The van der Waals surface area contributed by atoms with Gasteiger partial charge in [0.15, 0.2) is 18.2 Å². The lowest BCUT2D eigenvalue weighted by molar-refractivity contribution is -0.150. The molecule has 1 aromatic carbocycles. The van der Waals surface area contributed by atoms with Crippen LogP contribution < -0.4 is 4.90 Å². The molecule has 0 N–H and O–H groups in total. The zero-order chi connectivity index (χ0) is 28.1. The van der Waals surface area contributed by atoms with Crippen molar-refractivity contribution in [1.29, 1.82) is 0 Å². The highest BCUT2D eigenvalue weighted by Crippen LogP contribution is 2.69. The summed E-state index contributed by atoms with van der Waals surface area (Å²) in [6.45, 7) is 7.49. The van der Waals surface area contributed by atoms with Crippen molar-refractivity contribution in [3.05, 3.63) is 52.6 Å². The van der Waals surface area contributed by atoms with Gasteiger partial charge in [0.2, 0.25) is 0 Å². The minimum atomic E-state index is -0.829. The van der Waals surface area contributed by atoms with Crippen LogP contribution in [0, 0.1) is 34.5 Å². The fourth-order valence-electron chi connectivity index (χ4n) is 9.12. The number of Topliss-reactive ketones (excluding diaryl/α,β-unsaturated/α-hetero) is 1. The maximum atomic E-state index is 13.9. The van der Waals surface area contributed by atoms with Gasteiger partial charge in [-0.05, 0) is 110 Å². The Morgan fingerprint density at radius 3 is 2.52 bits per heavy atom.